The van der Waals surface area contributed by atoms with Crippen LogP contribution in [0.2, 0.25) is 5.02 Å². The van der Waals surface area contributed by atoms with Crippen LogP contribution in [-0.2, 0) is 4.79 Å². The van der Waals surface area contributed by atoms with Gasteiger partial charge in [0.05, 0.1) is 5.02 Å². The molecule has 122 valence electrons. The van der Waals surface area contributed by atoms with Crippen molar-refractivity contribution in [1.29, 1.82) is 0 Å². The molecule has 2 aromatic carbocycles. The molecular formula is C17H13ClFN3O2. The second kappa shape index (κ2) is 6.41. The molecule has 7 heteroatoms. The largest absolute Gasteiger partial charge is 0.369 e. The van der Waals surface area contributed by atoms with Gasteiger partial charge in [-0.3, -0.25) is 4.79 Å². The fraction of sp³-hybridized carbons (Fsp3) is 0.118. The number of carbonyl (C=O) groups excluding carboxylic acids is 1. The highest BCUT2D eigenvalue weighted by atomic mass is 35.5. The summed E-state index contributed by atoms with van der Waals surface area (Å²) >= 11 is 5.81. The van der Waals surface area contributed by atoms with Gasteiger partial charge in [0.2, 0.25) is 11.8 Å². The Morgan fingerprint density at radius 1 is 1.21 bits per heavy atom. The second-order valence-corrected chi connectivity index (χ2v) is 5.67. The minimum Gasteiger partial charge on any atom is -0.369 e. The number of hydrogen-bond donors (Lipinski definition) is 1. The summed E-state index contributed by atoms with van der Waals surface area (Å²) < 4.78 is 18.3. The molecule has 3 rings (SSSR count). The summed E-state index contributed by atoms with van der Waals surface area (Å²) in [5, 5.41) is 3.73. The van der Waals surface area contributed by atoms with Crippen LogP contribution in [0, 0.1) is 12.7 Å². The number of carbonyl (C=O) groups is 1. The van der Waals surface area contributed by atoms with Gasteiger partial charge >= 0.3 is 0 Å². The van der Waals surface area contributed by atoms with Crippen LogP contribution in [-0.4, -0.2) is 16.0 Å². The molecule has 0 spiro atoms. The molecule has 0 saturated carbocycles. The third-order valence-corrected chi connectivity index (χ3v) is 3.86. The Bertz CT molecular complexity index is 893. The molecule has 3 aromatic rings. The zero-order valence-corrected chi connectivity index (χ0v) is 13.4. The van der Waals surface area contributed by atoms with E-state index in [9.17, 15) is 9.18 Å². The molecule has 0 radical (unpaired) electrons. The Hall–Kier alpha value is -2.73. The normalized spacial score (nSPS) is 12.1. The van der Waals surface area contributed by atoms with Crippen molar-refractivity contribution in [1.82, 2.24) is 10.1 Å². The van der Waals surface area contributed by atoms with Gasteiger partial charge in [0.25, 0.3) is 0 Å². The van der Waals surface area contributed by atoms with E-state index in [4.69, 9.17) is 21.9 Å². The van der Waals surface area contributed by atoms with E-state index in [-0.39, 0.29) is 10.9 Å². The number of halogens is 2. The highest BCUT2D eigenvalue weighted by Crippen LogP contribution is 2.28. The van der Waals surface area contributed by atoms with Gasteiger partial charge in [0, 0.05) is 0 Å². The van der Waals surface area contributed by atoms with Gasteiger partial charge in [-0.25, -0.2) is 4.39 Å². The average Bonchev–Trinajstić information content (AvgIpc) is 2.96. The fourth-order valence-corrected chi connectivity index (χ4v) is 2.58. The van der Waals surface area contributed by atoms with E-state index in [0.717, 1.165) is 11.1 Å². The smallest absolute Gasteiger partial charge is 0.243 e. The van der Waals surface area contributed by atoms with Crippen molar-refractivity contribution in [3.05, 3.63) is 70.6 Å². The van der Waals surface area contributed by atoms with Crippen LogP contribution in [0.4, 0.5) is 4.39 Å². The van der Waals surface area contributed by atoms with Crippen molar-refractivity contribution in [3.63, 3.8) is 0 Å². The standard InChI is InChI=1S/C17H13ClFN3O2/c1-9-21-17(24-22-9)15(16(20)23)11-4-2-10(3-5-11)12-6-7-14(19)13(18)8-12/h2-8,15H,1H3,(H2,20,23). The summed E-state index contributed by atoms with van der Waals surface area (Å²) in [5.74, 6) is -1.31. The molecule has 0 saturated heterocycles. The lowest BCUT2D eigenvalue weighted by Gasteiger charge is -2.10. The number of rotatable bonds is 4. The zero-order chi connectivity index (χ0) is 17.3. The first-order valence-corrected chi connectivity index (χ1v) is 7.48. The molecule has 5 nitrogen and oxygen atoms in total. The third-order valence-electron chi connectivity index (χ3n) is 3.57. The number of amides is 1. The monoisotopic (exact) mass is 345 g/mol. The van der Waals surface area contributed by atoms with E-state index in [1.54, 1.807) is 43.3 Å². The van der Waals surface area contributed by atoms with Gasteiger partial charge in [-0.1, -0.05) is 47.1 Å². The summed E-state index contributed by atoms with van der Waals surface area (Å²) in [6.45, 7) is 1.66. The first kappa shape index (κ1) is 16.1. The van der Waals surface area contributed by atoms with Crippen LogP contribution in [0.1, 0.15) is 23.2 Å². The maximum Gasteiger partial charge on any atom is 0.243 e. The fourth-order valence-electron chi connectivity index (χ4n) is 2.40. The molecule has 0 aliphatic heterocycles. The SMILES string of the molecule is Cc1noc(C(C(N)=O)c2ccc(-c3ccc(F)c(Cl)c3)cc2)n1. The molecule has 0 fully saturated rings. The summed E-state index contributed by atoms with van der Waals surface area (Å²) in [5.41, 5.74) is 7.68. The molecule has 1 aromatic heterocycles. The molecule has 24 heavy (non-hydrogen) atoms. The maximum atomic E-state index is 13.3. The van der Waals surface area contributed by atoms with Crippen molar-refractivity contribution in [3.8, 4) is 11.1 Å². The predicted octanol–water partition coefficient (Wildman–Crippen LogP) is 3.45. The van der Waals surface area contributed by atoms with Crippen molar-refractivity contribution < 1.29 is 13.7 Å². The van der Waals surface area contributed by atoms with Crippen LogP contribution in [0.3, 0.4) is 0 Å². The summed E-state index contributed by atoms with van der Waals surface area (Å²) in [7, 11) is 0. The van der Waals surface area contributed by atoms with Gasteiger partial charge < -0.3 is 10.3 Å². The Kier molecular flexibility index (Phi) is 4.31. The molecule has 0 bridgehead atoms. The number of aromatic nitrogens is 2. The number of benzene rings is 2. The van der Waals surface area contributed by atoms with E-state index in [1.807, 2.05) is 0 Å². The number of hydrogen-bond acceptors (Lipinski definition) is 4. The van der Waals surface area contributed by atoms with Gasteiger partial charge in [-0.2, -0.15) is 4.98 Å². The van der Waals surface area contributed by atoms with Crippen LogP contribution >= 0.6 is 11.6 Å². The van der Waals surface area contributed by atoms with E-state index in [2.05, 4.69) is 10.1 Å². The first-order valence-electron chi connectivity index (χ1n) is 7.10. The molecule has 1 atom stereocenters. The van der Waals surface area contributed by atoms with Gasteiger partial charge in [0.1, 0.15) is 11.7 Å². The number of nitrogens with zero attached hydrogens (tertiary/aromatic N) is 2. The minimum absolute atomic E-state index is 0.0490. The maximum absolute atomic E-state index is 13.3. The summed E-state index contributed by atoms with van der Waals surface area (Å²) in [6, 6.07) is 11.5. The quantitative estimate of drug-likeness (QED) is 0.785. The third kappa shape index (κ3) is 3.14. The van der Waals surface area contributed by atoms with Gasteiger partial charge in [0.15, 0.2) is 5.82 Å². The van der Waals surface area contributed by atoms with E-state index in [0.29, 0.717) is 11.4 Å². The van der Waals surface area contributed by atoms with Crippen LogP contribution in [0.5, 0.6) is 0 Å². The lowest BCUT2D eigenvalue weighted by molar-refractivity contribution is -0.119. The van der Waals surface area contributed by atoms with Crippen molar-refractivity contribution in [2.75, 3.05) is 0 Å². The summed E-state index contributed by atoms with van der Waals surface area (Å²) in [6.07, 6.45) is 0. The Labute approximate surface area is 142 Å². The Morgan fingerprint density at radius 2 is 1.88 bits per heavy atom. The Morgan fingerprint density at radius 3 is 2.42 bits per heavy atom. The summed E-state index contributed by atoms with van der Waals surface area (Å²) in [4.78, 5) is 15.9. The highest BCUT2D eigenvalue weighted by Gasteiger charge is 2.26. The van der Waals surface area contributed by atoms with Crippen LogP contribution in [0.15, 0.2) is 47.0 Å². The topological polar surface area (TPSA) is 82.0 Å². The number of aryl methyl sites for hydroxylation is 1. The van der Waals surface area contributed by atoms with E-state index >= 15 is 0 Å². The van der Waals surface area contributed by atoms with Gasteiger partial charge in [-0.05, 0) is 35.7 Å². The molecule has 0 aliphatic rings. The second-order valence-electron chi connectivity index (χ2n) is 5.27. The molecule has 0 aliphatic carbocycles. The predicted molar refractivity (Wildman–Crippen MR) is 86.9 cm³/mol. The molecule has 1 unspecified atom stereocenters. The molecule has 1 amide bonds. The van der Waals surface area contributed by atoms with Crippen molar-refractivity contribution in [2.45, 2.75) is 12.8 Å². The zero-order valence-electron chi connectivity index (χ0n) is 12.7. The minimum atomic E-state index is -0.822. The highest BCUT2D eigenvalue weighted by molar-refractivity contribution is 6.31. The lowest BCUT2D eigenvalue weighted by atomic mass is 9.95. The van der Waals surface area contributed by atoms with E-state index < -0.39 is 17.6 Å². The lowest BCUT2D eigenvalue weighted by Crippen LogP contribution is -2.22. The average molecular weight is 346 g/mol. The molecule has 1 heterocycles. The number of primary amides is 1. The van der Waals surface area contributed by atoms with Gasteiger partial charge in [-0.15, -0.1) is 0 Å². The van der Waals surface area contributed by atoms with Crippen molar-refractivity contribution in [2.24, 2.45) is 5.73 Å². The number of nitrogens with two attached hydrogens (primary N) is 1. The molecule has 2 N–H and O–H groups in total. The van der Waals surface area contributed by atoms with Crippen molar-refractivity contribution >= 4 is 17.5 Å². The Balaban J connectivity index is 1.95. The molecular weight excluding hydrogens is 333 g/mol. The first-order chi connectivity index (χ1) is 11.5. The van der Waals surface area contributed by atoms with E-state index in [1.165, 1.54) is 6.07 Å². The van der Waals surface area contributed by atoms with Crippen LogP contribution in [0.25, 0.3) is 11.1 Å². The van der Waals surface area contributed by atoms with Crippen LogP contribution < -0.4 is 5.73 Å².